The van der Waals surface area contributed by atoms with Crippen molar-refractivity contribution < 1.29 is 9.53 Å². The van der Waals surface area contributed by atoms with Crippen molar-refractivity contribution in [1.29, 1.82) is 0 Å². The van der Waals surface area contributed by atoms with E-state index in [1.54, 1.807) is 0 Å². The molecule has 3 aromatic rings. The second-order valence-corrected chi connectivity index (χ2v) is 7.97. The van der Waals surface area contributed by atoms with Crippen LogP contribution in [0.1, 0.15) is 18.1 Å². The van der Waals surface area contributed by atoms with Gasteiger partial charge in [0.05, 0.1) is 6.61 Å². The van der Waals surface area contributed by atoms with E-state index in [1.165, 1.54) is 22.2 Å². The van der Waals surface area contributed by atoms with E-state index in [0.29, 0.717) is 6.61 Å². The summed E-state index contributed by atoms with van der Waals surface area (Å²) in [4.78, 5) is 17.0. The summed E-state index contributed by atoms with van der Waals surface area (Å²) in [7, 11) is 0. The molecule has 1 fully saturated rings. The second-order valence-electron chi connectivity index (χ2n) is 7.97. The molecular weight excluding hydrogens is 374 g/mol. The Hall–Kier alpha value is -2.79. The maximum Gasteiger partial charge on any atom is 0.325 e. The Balaban J connectivity index is 1.38. The van der Waals surface area contributed by atoms with Gasteiger partial charge in [0.25, 0.3) is 0 Å². The van der Waals surface area contributed by atoms with Gasteiger partial charge in [0.15, 0.2) is 0 Å². The van der Waals surface area contributed by atoms with Gasteiger partial charge in [0.1, 0.15) is 6.54 Å². The van der Waals surface area contributed by atoms with Crippen LogP contribution in [-0.2, 0) is 22.5 Å². The minimum Gasteiger partial charge on any atom is -0.465 e. The van der Waals surface area contributed by atoms with Crippen LogP contribution in [0, 0.1) is 6.92 Å². The first-order valence-corrected chi connectivity index (χ1v) is 10.9. The Morgan fingerprint density at radius 1 is 1.00 bits per heavy atom. The van der Waals surface area contributed by atoms with Gasteiger partial charge in [-0.15, -0.1) is 0 Å². The van der Waals surface area contributed by atoms with Crippen molar-refractivity contribution in [2.24, 2.45) is 0 Å². The predicted molar refractivity (Wildman–Crippen MR) is 122 cm³/mol. The minimum atomic E-state index is -0.183. The maximum atomic E-state index is 12.0. The van der Waals surface area contributed by atoms with Gasteiger partial charge >= 0.3 is 5.97 Å². The van der Waals surface area contributed by atoms with E-state index in [0.717, 1.165) is 44.7 Å². The molecule has 158 valence electrons. The number of rotatable bonds is 7. The summed E-state index contributed by atoms with van der Waals surface area (Å²) in [5, 5.41) is 1.24. The average molecular weight is 406 g/mol. The molecule has 5 nitrogen and oxygen atoms in total. The molecule has 0 atom stereocenters. The highest BCUT2D eigenvalue weighted by Crippen LogP contribution is 2.23. The molecule has 5 heteroatoms. The van der Waals surface area contributed by atoms with Crippen molar-refractivity contribution in [2.75, 3.05) is 44.2 Å². The number of benzene rings is 2. The van der Waals surface area contributed by atoms with Gasteiger partial charge < -0.3 is 14.2 Å². The first-order chi connectivity index (χ1) is 14.7. The summed E-state index contributed by atoms with van der Waals surface area (Å²) >= 11 is 0. The van der Waals surface area contributed by atoms with Crippen molar-refractivity contribution in [3.05, 3.63) is 65.9 Å². The number of fused-ring (bicyclic) bond motifs is 1. The molecular formula is C25H31N3O2. The third kappa shape index (κ3) is 4.51. The third-order valence-electron chi connectivity index (χ3n) is 6.00. The zero-order chi connectivity index (χ0) is 20.9. The summed E-state index contributed by atoms with van der Waals surface area (Å²) in [5.74, 6) is -0.183. The molecule has 0 saturated carbocycles. The number of hydrogen-bond donors (Lipinski definition) is 0. The van der Waals surface area contributed by atoms with E-state index in [-0.39, 0.29) is 12.5 Å². The number of carbonyl (C=O) groups is 1. The van der Waals surface area contributed by atoms with Crippen molar-refractivity contribution in [1.82, 2.24) is 9.47 Å². The smallest absolute Gasteiger partial charge is 0.325 e. The van der Waals surface area contributed by atoms with Crippen LogP contribution < -0.4 is 4.90 Å². The van der Waals surface area contributed by atoms with Gasteiger partial charge in [-0.2, -0.15) is 0 Å². The number of hydrogen-bond acceptors (Lipinski definition) is 4. The molecule has 1 aliphatic heterocycles. The van der Waals surface area contributed by atoms with Gasteiger partial charge in [-0.1, -0.05) is 36.4 Å². The molecule has 1 aromatic heterocycles. The maximum absolute atomic E-state index is 12.0. The molecule has 0 spiro atoms. The van der Waals surface area contributed by atoms with Gasteiger partial charge in [-0.3, -0.25) is 9.69 Å². The molecule has 0 N–H and O–H groups in total. The van der Waals surface area contributed by atoms with Crippen molar-refractivity contribution in [3.63, 3.8) is 0 Å². The number of para-hydroxylation sites is 2. The Kier molecular flexibility index (Phi) is 6.38. The SMILES string of the molecule is CCOC(=O)Cn1cc(CCN2CCN(c3ccccc3C)CC2)c2ccccc21. The molecule has 1 saturated heterocycles. The second kappa shape index (κ2) is 9.35. The van der Waals surface area contributed by atoms with Gasteiger partial charge in [-0.05, 0) is 43.5 Å². The number of esters is 1. The number of piperazine rings is 1. The lowest BCUT2D eigenvalue weighted by Gasteiger charge is -2.36. The average Bonchev–Trinajstić information content (AvgIpc) is 3.11. The lowest BCUT2D eigenvalue weighted by molar-refractivity contribution is -0.143. The highest BCUT2D eigenvalue weighted by Gasteiger charge is 2.19. The minimum absolute atomic E-state index is 0.183. The number of nitrogens with zero attached hydrogens (tertiary/aromatic N) is 3. The molecule has 0 unspecified atom stereocenters. The number of anilines is 1. The van der Waals surface area contributed by atoms with Crippen LogP contribution in [0.15, 0.2) is 54.7 Å². The molecule has 0 radical (unpaired) electrons. The molecule has 4 rings (SSSR count). The van der Waals surface area contributed by atoms with Crippen LogP contribution >= 0.6 is 0 Å². The summed E-state index contributed by atoms with van der Waals surface area (Å²) < 4.78 is 7.17. The van der Waals surface area contributed by atoms with Gasteiger partial charge in [-0.25, -0.2) is 0 Å². The molecule has 0 bridgehead atoms. The first-order valence-electron chi connectivity index (χ1n) is 10.9. The number of aromatic nitrogens is 1. The number of ether oxygens (including phenoxy) is 1. The van der Waals surface area contributed by atoms with Crippen LogP contribution in [0.5, 0.6) is 0 Å². The molecule has 0 aliphatic carbocycles. The lowest BCUT2D eigenvalue weighted by atomic mass is 10.1. The van der Waals surface area contributed by atoms with E-state index in [2.05, 4.69) is 65.4 Å². The number of aryl methyl sites for hydroxylation is 1. The monoisotopic (exact) mass is 405 g/mol. The standard InChI is InChI=1S/C25H31N3O2/c1-3-30-25(29)19-28-18-21(22-9-5-7-11-24(22)28)12-13-26-14-16-27(17-15-26)23-10-6-4-8-20(23)2/h4-11,18H,3,12-17,19H2,1-2H3. The quantitative estimate of drug-likeness (QED) is 0.559. The van der Waals surface area contributed by atoms with E-state index < -0.39 is 0 Å². The first kappa shape index (κ1) is 20.5. The van der Waals surface area contributed by atoms with Crippen LogP contribution in [0.2, 0.25) is 0 Å². The van der Waals surface area contributed by atoms with Crippen LogP contribution in [-0.4, -0.2) is 54.8 Å². The molecule has 2 aromatic carbocycles. The molecule has 30 heavy (non-hydrogen) atoms. The highest BCUT2D eigenvalue weighted by atomic mass is 16.5. The van der Waals surface area contributed by atoms with Crippen molar-refractivity contribution >= 4 is 22.6 Å². The fraction of sp³-hybridized carbons (Fsp3) is 0.400. The van der Waals surface area contributed by atoms with E-state index in [1.807, 2.05) is 17.6 Å². The van der Waals surface area contributed by atoms with E-state index in [9.17, 15) is 4.79 Å². The molecule has 0 amide bonds. The van der Waals surface area contributed by atoms with Gasteiger partial charge in [0, 0.05) is 55.5 Å². The Labute approximate surface area is 178 Å². The summed E-state index contributed by atoms with van der Waals surface area (Å²) in [6.45, 7) is 10.0. The summed E-state index contributed by atoms with van der Waals surface area (Å²) in [5.41, 5.74) is 5.11. The van der Waals surface area contributed by atoms with Crippen LogP contribution in [0.3, 0.4) is 0 Å². The Bertz CT molecular complexity index is 1000. The van der Waals surface area contributed by atoms with Crippen LogP contribution in [0.4, 0.5) is 5.69 Å². The van der Waals surface area contributed by atoms with E-state index in [4.69, 9.17) is 4.74 Å². The molecule has 2 heterocycles. The highest BCUT2D eigenvalue weighted by molar-refractivity contribution is 5.85. The Morgan fingerprint density at radius 2 is 1.73 bits per heavy atom. The van der Waals surface area contributed by atoms with Crippen LogP contribution in [0.25, 0.3) is 10.9 Å². The van der Waals surface area contributed by atoms with E-state index >= 15 is 0 Å². The van der Waals surface area contributed by atoms with Gasteiger partial charge in [0.2, 0.25) is 0 Å². The molecule has 1 aliphatic rings. The predicted octanol–water partition coefficient (Wildman–Crippen LogP) is 3.88. The normalized spacial score (nSPS) is 14.9. The fourth-order valence-electron chi connectivity index (χ4n) is 4.41. The summed E-state index contributed by atoms with van der Waals surface area (Å²) in [6.07, 6.45) is 3.12. The summed E-state index contributed by atoms with van der Waals surface area (Å²) in [6, 6.07) is 17.0. The third-order valence-corrected chi connectivity index (χ3v) is 6.00. The zero-order valence-electron chi connectivity index (χ0n) is 18.0. The Morgan fingerprint density at radius 3 is 2.50 bits per heavy atom. The van der Waals surface area contributed by atoms with Crippen molar-refractivity contribution in [2.45, 2.75) is 26.8 Å². The fourth-order valence-corrected chi connectivity index (χ4v) is 4.41. The lowest BCUT2D eigenvalue weighted by Crippen LogP contribution is -2.47. The zero-order valence-corrected chi connectivity index (χ0v) is 18.0. The topological polar surface area (TPSA) is 37.7 Å². The largest absolute Gasteiger partial charge is 0.465 e. The number of carbonyl (C=O) groups excluding carboxylic acids is 1. The van der Waals surface area contributed by atoms with Crippen molar-refractivity contribution in [3.8, 4) is 0 Å².